The van der Waals surface area contributed by atoms with E-state index < -0.39 is 28.7 Å². The molecule has 4 heterocycles. The van der Waals surface area contributed by atoms with Crippen LogP contribution in [0.2, 0.25) is 0 Å². The zero-order valence-corrected chi connectivity index (χ0v) is 23.5. The number of anilines is 1. The van der Waals surface area contributed by atoms with Crippen molar-refractivity contribution in [3.05, 3.63) is 54.6 Å². The van der Waals surface area contributed by atoms with Crippen LogP contribution >= 0.6 is 11.8 Å². The fourth-order valence-electron chi connectivity index (χ4n) is 7.07. The lowest BCUT2D eigenvalue weighted by molar-refractivity contribution is -0.143. The third kappa shape index (κ3) is 4.01. The molecule has 11 heteroatoms. The zero-order valence-electron chi connectivity index (χ0n) is 22.7. The third-order valence-corrected chi connectivity index (χ3v) is 11.0. The Labute approximate surface area is 236 Å². The molecular weight excluding hydrogens is 528 g/mol. The standard InChI is InChI=1S/C29H34N6O4S/c1-16(2)21(14-36)35-25(27(38)30-15-34-20-12-8-7-11-19(20)32-33-34)29-17(3)13-22(40-29)23(24(29)28(35)39)26(37)31-18-9-5-4-6-10-18/h4-12,16-17,21-25,36H,13-15H2,1-3H3,(H,30,38)(H,31,37)/t17?,21-,22-,23+,24-,25?,29?/m0/s1. The summed E-state index contributed by atoms with van der Waals surface area (Å²) < 4.78 is 0.839. The molecule has 1 spiro atoms. The monoisotopic (exact) mass is 562 g/mol. The van der Waals surface area contributed by atoms with E-state index in [0.717, 1.165) is 17.5 Å². The van der Waals surface area contributed by atoms with E-state index in [1.54, 1.807) is 21.3 Å². The lowest BCUT2D eigenvalue weighted by Crippen LogP contribution is -2.59. The van der Waals surface area contributed by atoms with Crippen molar-refractivity contribution in [2.45, 2.75) is 55.9 Å². The normalized spacial score (nSPS) is 29.7. The van der Waals surface area contributed by atoms with Crippen LogP contribution in [0.15, 0.2) is 54.6 Å². The molecule has 3 fully saturated rings. The minimum absolute atomic E-state index is 0.0247. The molecule has 10 nitrogen and oxygen atoms in total. The first-order valence-electron chi connectivity index (χ1n) is 13.8. The van der Waals surface area contributed by atoms with Crippen LogP contribution in [0.3, 0.4) is 0 Å². The molecule has 0 aliphatic carbocycles. The van der Waals surface area contributed by atoms with Crippen LogP contribution in [0.25, 0.3) is 11.0 Å². The van der Waals surface area contributed by atoms with Crippen LogP contribution in [0.1, 0.15) is 27.2 Å². The minimum atomic E-state index is -0.834. The first kappa shape index (κ1) is 26.8. The van der Waals surface area contributed by atoms with Gasteiger partial charge in [0.25, 0.3) is 0 Å². The summed E-state index contributed by atoms with van der Waals surface area (Å²) in [6.45, 7) is 5.77. The lowest BCUT2D eigenvalue weighted by Gasteiger charge is -2.40. The number of benzene rings is 2. The molecule has 40 heavy (non-hydrogen) atoms. The van der Waals surface area contributed by atoms with Crippen molar-refractivity contribution in [3.8, 4) is 0 Å². The molecule has 210 valence electrons. The predicted octanol–water partition coefficient (Wildman–Crippen LogP) is 2.50. The van der Waals surface area contributed by atoms with Gasteiger partial charge in [-0.25, -0.2) is 4.68 Å². The zero-order chi connectivity index (χ0) is 28.2. The average molecular weight is 563 g/mol. The van der Waals surface area contributed by atoms with E-state index in [4.69, 9.17) is 0 Å². The van der Waals surface area contributed by atoms with Gasteiger partial charge in [0.1, 0.15) is 18.2 Å². The fraction of sp³-hybridized carbons (Fsp3) is 0.483. The van der Waals surface area contributed by atoms with Gasteiger partial charge < -0.3 is 20.6 Å². The molecule has 3 N–H and O–H groups in total. The second-order valence-electron chi connectivity index (χ2n) is 11.4. The fourth-order valence-corrected chi connectivity index (χ4v) is 9.48. The van der Waals surface area contributed by atoms with E-state index in [9.17, 15) is 19.5 Å². The highest BCUT2D eigenvalue weighted by Gasteiger charge is 2.76. The Hall–Kier alpha value is -3.44. The number of para-hydroxylation sites is 2. The largest absolute Gasteiger partial charge is 0.394 e. The number of thioether (sulfide) groups is 1. The van der Waals surface area contributed by atoms with Crippen LogP contribution < -0.4 is 10.6 Å². The first-order valence-corrected chi connectivity index (χ1v) is 14.7. The first-order chi connectivity index (χ1) is 19.3. The molecule has 0 radical (unpaired) electrons. The number of carbonyl (C=O) groups excluding carboxylic acids is 3. The number of hydrogen-bond acceptors (Lipinski definition) is 7. The Morgan fingerprint density at radius 1 is 1.12 bits per heavy atom. The molecular formula is C29H34N6O4S. The van der Waals surface area contributed by atoms with Crippen LogP contribution in [-0.4, -0.2) is 71.4 Å². The molecule has 3 aromatic rings. The summed E-state index contributed by atoms with van der Waals surface area (Å²) in [7, 11) is 0. The van der Waals surface area contributed by atoms with Crippen molar-refractivity contribution in [1.29, 1.82) is 0 Å². The Bertz CT molecular complexity index is 1450. The van der Waals surface area contributed by atoms with E-state index in [1.165, 1.54) is 0 Å². The van der Waals surface area contributed by atoms with Crippen molar-refractivity contribution in [2.75, 3.05) is 11.9 Å². The van der Waals surface area contributed by atoms with Gasteiger partial charge in [-0.3, -0.25) is 14.4 Å². The summed E-state index contributed by atoms with van der Waals surface area (Å²) in [6, 6.07) is 15.3. The number of aliphatic hydroxyl groups excluding tert-OH is 1. The van der Waals surface area contributed by atoms with Gasteiger partial charge in [0.2, 0.25) is 17.7 Å². The molecule has 2 aromatic carbocycles. The van der Waals surface area contributed by atoms with Crippen molar-refractivity contribution >= 4 is 46.2 Å². The molecule has 0 saturated carbocycles. The molecule has 2 bridgehead atoms. The minimum Gasteiger partial charge on any atom is -0.394 e. The number of likely N-dealkylation sites (tertiary alicyclic amines) is 1. The molecule has 1 aromatic heterocycles. The van der Waals surface area contributed by atoms with Gasteiger partial charge in [-0.05, 0) is 42.5 Å². The van der Waals surface area contributed by atoms with E-state index in [-0.39, 0.29) is 48.1 Å². The molecule has 6 rings (SSSR count). The van der Waals surface area contributed by atoms with Gasteiger partial charge in [-0.1, -0.05) is 56.3 Å². The Morgan fingerprint density at radius 3 is 2.58 bits per heavy atom. The Kier molecular flexibility index (Phi) is 6.82. The van der Waals surface area contributed by atoms with Crippen LogP contribution in [0.4, 0.5) is 5.69 Å². The van der Waals surface area contributed by atoms with Crippen molar-refractivity contribution in [1.82, 2.24) is 25.2 Å². The summed E-state index contributed by atoms with van der Waals surface area (Å²) in [5.41, 5.74) is 2.18. The predicted molar refractivity (Wildman–Crippen MR) is 152 cm³/mol. The second-order valence-corrected chi connectivity index (χ2v) is 13.0. The van der Waals surface area contributed by atoms with Gasteiger partial charge in [0, 0.05) is 10.9 Å². The van der Waals surface area contributed by atoms with E-state index in [0.29, 0.717) is 5.69 Å². The second kappa shape index (κ2) is 10.2. The number of nitrogens with zero attached hydrogens (tertiary/aromatic N) is 4. The van der Waals surface area contributed by atoms with Gasteiger partial charge in [0.05, 0.1) is 34.7 Å². The number of nitrogens with one attached hydrogen (secondary N) is 2. The lowest BCUT2D eigenvalue weighted by atomic mass is 9.66. The molecule has 3 aliphatic heterocycles. The summed E-state index contributed by atoms with van der Waals surface area (Å²) in [5, 5.41) is 24.7. The van der Waals surface area contributed by atoms with Gasteiger partial charge in [0.15, 0.2) is 0 Å². The Morgan fingerprint density at radius 2 is 1.85 bits per heavy atom. The number of amides is 3. The Balaban J connectivity index is 1.35. The van der Waals surface area contributed by atoms with Gasteiger partial charge in [-0.2, -0.15) is 0 Å². The summed E-state index contributed by atoms with van der Waals surface area (Å²) >= 11 is 1.61. The maximum Gasteiger partial charge on any atom is 0.245 e. The van der Waals surface area contributed by atoms with Gasteiger partial charge >= 0.3 is 0 Å². The van der Waals surface area contributed by atoms with Gasteiger partial charge in [-0.15, -0.1) is 16.9 Å². The van der Waals surface area contributed by atoms with Crippen molar-refractivity contribution in [3.63, 3.8) is 0 Å². The summed E-state index contributed by atoms with van der Waals surface area (Å²) in [5.74, 6) is -2.03. The molecule has 3 saturated heterocycles. The number of hydrogen-bond donors (Lipinski definition) is 3. The summed E-state index contributed by atoms with van der Waals surface area (Å²) in [6.07, 6.45) is 0.734. The van der Waals surface area contributed by atoms with Crippen molar-refractivity contribution in [2.24, 2.45) is 23.7 Å². The number of fused-ring (bicyclic) bond motifs is 2. The molecule has 3 unspecified atom stereocenters. The highest BCUT2D eigenvalue weighted by molar-refractivity contribution is 8.02. The molecule has 3 amide bonds. The van der Waals surface area contributed by atoms with Crippen molar-refractivity contribution < 1.29 is 19.5 Å². The van der Waals surface area contributed by atoms with E-state index in [1.807, 2.05) is 68.4 Å². The smallest absolute Gasteiger partial charge is 0.245 e. The van der Waals surface area contributed by atoms with Crippen LogP contribution in [0.5, 0.6) is 0 Å². The number of aliphatic hydroxyl groups is 1. The van der Waals surface area contributed by atoms with Crippen LogP contribution in [0, 0.1) is 23.7 Å². The SMILES string of the molecule is CC(C)[C@H](CO)N1C(=O)[C@@H]2[C@H](C(=O)Nc3ccccc3)[C@@H]3CC(C)C2(S3)C1C(=O)NCn1nnc2ccccc21. The summed E-state index contributed by atoms with van der Waals surface area (Å²) in [4.78, 5) is 43.8. The van der Waals surface area contributed by atoms with Crippen LogP contribution in [-0.2, 0) is 21.1 Å². The maximum absolute atomic E-state index is 14.3. The quantitative estimate of drug-likeness (QED) is 0.385. The number of aromatic nitrogens is 3. The number of carbonyl (C=O) groups is 3. The third-order valence-electron chi connectivity index (χ3n) is 8.91. The van der Waals surface area contributed by atoms with E-state index >= 15 is 0 Å². The van der Waals surface area contributed by atoms with E-state index in [2.05, 4.69) is 27.9 Å². The maximum atomic E-state index is 14.3. The average Bonchev–Trinajstić information content (AvgIpc) is 3.66. The molecule has 3 aliphatic rings. The number of rotatable bonds is 8. The highest BCUT2D eigenvalue weighted by Crippen LogP contribution is 2.69. The topological polar surface area (TPSA) is 129 Å². The molecule has 7 atom stereocenters. The highest BCUT2D eigenvalue weighted by atomic mass is 32.2.